The molecule has 0 saturated heterocycles. The van der Waals surface area contributed by atoms with Gasteiger partial charge in [0.1, 0.15) is 0 Å². The van der Waals surface area contributed by atoms with Crippen LogP contribution < -0.4 is 5.73 Å². The van der Waals surface area contributed by atoms with E-state index in [1.165, 1.54) is 4.90 Å². The van der Waals surface area contributed by atoms with Crippen LogP contribution in [0.1, 0.15) is 6.42 Å². The highest BCUT2D eigenvalue weighted by molar-refractivity contribution is 5.72. The lowest BCUT2D eigenvalue weighted by molar-refractivity contribution is 0.226. The van der Waals surface area contributed by atoms with Crippen LogP contribution in [-0.2, 0) is 0 Å². The number of amides is 2. The topological polar surface area (TPSA) is 44.1 Å². The molecular formula is C5H7N2O. The van der Waals surface area contributed by atoms with Gasteiger partial charge in [-0.3, -0.25) is 4.90 Å². The lowest BCUT2D eigenvalue weighted by Crippen LogP contribution is -2.22. The third kappa shape index (κ3) is 0.804. The maximum absolute atomic E-state index is 10.2. The molecule has 3 nitrogen and oxygen atoms in total. The predicted molar refractivity (Wildman–Crippen MR) is 29.0 cm³/mol. The molecule has 0 fully saturated rings. The highest BCUT2D eigenvalue weighted by Crippen LogP contribution is 2.02. The van der Waals surface area contributed by atoms with Gasteiger partial charge in [0.2, 0.25) is 0 Å². The second-order valence-corrected chi connectivity index (χ2v) is 1.67. The molecule has 1 N–H and O–H groups in total. The first-order valence-electron chi connectivity index (χ1n) is 2.49. The van der Waals surface area contributed by atoms with Crippen molar-refractivity contribution in [1.29, 1.82) is 0 Å². The van der Waals surface area contributed by atoms with Gasteiger partial charge in [-0.25, -0.2) is 10.5 Å². The molecule has 1 aliphatic rings. The van der Waals surface area contributed by atoms with Crippen LogP contribution in [0.2, 0.25) is 0 Å². The summed E-state index contributed by atoms with van der Waals surface area (Å²) in [6.45, 7) is 0.683. The molecule has 8 heavy (non-hydrogen) atoms. The minimum Gasteiger partial charge on any atom is -0.300 e. The maximum Gasteiger partial charge on any atom is 0.340 e. The molecule has 0 bridgehead atoms. The van der Waals surface area contributed by atoms with E-state index in [-0.39, 0.29) is 0 Å². The molecule has 1 heterocycles. The molecule has 3 heteroatoms. The predicted octanol–water partition coefficient (Wildman–Crippen LogP) is 0.609. The Labute approximate surface area is 47.8 Å². The first-order chi connectivity index (χ1) is 3.80. The van der Waals surface area contributed by atoms with Crippen molar-refractivity contribution in [2.75, 3.05) is 6.54 Å². The van der Waals surface area contributed by atoms with Crippen LogP contribution in [0.4, 0.5) is 4.79 Å². The van der Waals surface area contributed by atoms with Crippen LogP contribution >= 0.6 is 0 Å². The fraction of sp³-hybridized carbons (Fsp3) is 0.400. The Morgan fingerprint density at radius 2 is 2.50 bits per heavy atom. The number of rotatable bonds is 0. The fourth-order valence-corrected chi connectivity index (χ4v) is 0.659. The Bertz CT molecular complexity index is 130. The van der Waals surface area contributed by atoms with E-state index < -0.39 is 6.03 Å². The van der Waals surface area contributed by atoms with Crippen LogP contribution in [0.15, 0.2) is 12.3 Å². The molecule has 0 spiro atoms. The molecule has 1 radical (unpaired) electrons. The highest BCUT2D eigenvalue weighted by atomic mass is 16.2. The minimum atomic E-state index is -0.612. The number of carbonyl (C=O) groups is 1. The maximum atomic E-state index is 10.2. The SMILES string of the molecule is [NH]C(=O)N1C=CCC1. The van der Waals surface area contributed by atoms with Gasteiger partial charge in [-0.2, -0.15) is 0 Å². The number of carbonyl (C=O) groups excluding carboxylic acids is 1. The quantitative estimate of drug-likeness (QED) is 0.451. The van der Waals surface area contributed by atoms with E-state index in [0.717, 1.165) is 6.42 Å². The molecule has 0 saturated carbocycles. The zero-order valence-electron chi connectivity index (χ0n) is 4.42. The van der Waals surface area contributed by atoms with Crippen molar-refractivity contribution in [3.63, 3.8) is 0 Å². The first kappa shape index (κ1) is 5.15. The van der Waals surface area contributed by atoms with Gasteiger partial charge in [-0.1, -0.05) is 6.08 Å². The summed E-state index contributed by atoms with van der Waals surface area (Å²) in [5.41, 5.74) is 6.61. The molecule has 0 aliphatic carbocycles. The van der Waals surface area contributed by atoms with Crippen molar-refractivity contribution >= 4 is 6.03 Å². The lowest BCUT2D eigenvalue weighted by atomic mass is 10.5. The summed E-state index contributed by atoms with van der Waals surface area (Å²) >= 11 is 0. The molecule has 0 aromatic rings. The monoisotopic (exact) mass is 111 g/mol. The Morgan fingerprint density at radius 1 is 1.75 bits per heavy atom. The first-order valence-corrected chi connectivity index (χ1v) is 2.49. The van der Waals surface area contributed by atoms with Crippen molar-refractivity contribution < 1.29 is 4.79 Å². The summed E-state index contributed by atoms with van der Waals surface area (Å²) in [7, 11) is 0. The van der Waals surface area contributed by atoms with Crippen molar-refractivity contribution in [3.05, 3.63) is 12.3 Å². The second kappa shape index (κ2) is 1.86. The van der Waals surface area contributed by atoms with Crippen molar-refractivity contribution in [2.45, 2.75) is 6.42 Å². The molecule has 0 aromatic carbocycles. The van der Waals surface area contributed by atoms with Gasteiger partial charge in [-0.05, 0) is 6.42 Å². The third-order valence-electron chi connectivity index (χ3n) is 1.08. The van der Waals surface area contributed by atoms with Crippen LogP contribution in [0.25, 0.3) is 0 Å². The summed E-state index contributed by atoms with van der Waals surface area (Å²) in [6.07, 6.45) is 4.42. The molecule has 1 aliphatic heterocycles. The molecule has 0 aromatic heterocycles. The van der Waals surface area contributed by atoms with Crippen molar-refractivity contribution in [2.24, 2.45) is 0 Å². The van der Waals surface area contributed by atoms with E-state index in [2.05, 4.69) is 0 Å². The van der Waals surface area contributed by atoms with Crippen molar-refractivity contribution in [3.8, 4) is 0 Å². The summed E-state index contributed by atoms with van der Waals surface area (Å²) in [6, 6.07) is -0.612. The number of hydrogen-bond donors (Lipinski definition) is 0. The van der Waals surface area contributed by atoms with E-state index in [1.807, 2.05) is 6.08 Å². The largest absolute Gasteiger partial charge is 0.340 e. The van der Waals surface area contributed by atoms with E-state index >= 15 is 0 Å². The highest BCUT2D eigenvalue weighted by Gasteiger charge is 2.08. The normalized spacial score (nSPS) is 17.2. The van der Waals surface area contributed by atoms with Gasteiger partial charge < -0.3 is 0 Å². The van der Waals surface area contributed by atoms with Crippen LogP contribution in [-0.4, -0.2) is 17.5 Å². The minimum absolute atomic E-state index is 0.612. The summed E-state index contributed by atoms with van der Waals surface area (Å²) in [5, 5.41) is 0. The fourth-order valence-electron chi connectivity index (χ4n) is 0.659. The van der Waals surface area contributed by atoms with Gasteiger partial charge in [0, 0.05) is 12.7 Å². The zero-order valence-corrected chi connectivity index (χ0v) is 4.42. The van der Waals surface area contributed by atoms with Crippen molar-refractivity contribution in [1.82, 2.24) is 10.6 Å². The summed E-state index contributed by atoms with van der Waals surface area (Å²) in [5.74, 6) is 0. The van der Waals surface area contributed by atoms with E-state index in [9.17, 15) is 4.79 Å². The van der Waals surface area contributed by atoms with Crippen LogP contribution in [0.3, 0.4) is 0 Å². The molecular weight excluding hydrogens is 104 g/mol. The number of nitrogens with one attached hydrogen (secondary N) is 1. The second-order valence-electron chi connectivity index (χ2n) is 1.67. The Morgan fingerprint density at radius 3 is 2.75 bits per heavy atom. The Balaban J connectivity index is 2.48. The zero-order chi connectivity index (χ0) is 5.98. The van der Waals surface area contributed by atoms with E-state index in [4.69, 9.17) is 5.73 Å². The van der Waals surface area contributed by atoms with Gasteiger partial charge in [0.05, 0.1) is 0 Å². The Kier molecular flexibility index (Phi) is 1.20. The lowest BCUT2D eigenvalue weighted by Gasteiger charge is -2.05. The van der Waals surface area contributed by atoms with E-state index in [1.54, 1.807) is 6.20 Å². The number of urea groups is 1. The number of hydrogen-bond acceptors (Lipinski definition) is 1. The molecule has 0 atom stereocenters. The smallest absolute Gasteiger partial charge is 0.300 e. The van der Waals surface area contributed by atoms with Gasteiger partial charge in [-0.15, -0.1) is 0 Å². The average molecular weight is 111 g/mol. The van der Waals surface area contributed by atoms with Gasteiger partial charge >= 0.3 is 6.03 Å². The van der Waals surface area contributed by atoms with Crippen LogP contribution in [0, 0.1) is 0 Å². The molecule has 0 unspecified atom stereocenters. The Hall–Kier alpha value is -0.990. The standard InChI is InChI=1S/C5H7N2O/c6-5(8)7-3-1-2-4-7/h1,3,6H,2,4H2. The molecule has 43 valence electrons. The summed E-state index contributed by atoms with van der Waals surface area (Å²) < 4.78 is 0. The van der Waals surface area contributed by atoms with Crippen LogP contribution in [0.5, 0.6) is 0 Å². The third-order valence-corrected chi connectivity index (χ3v) is 1.08. The molecule has 1 rings (SSSR count). The van der Waals surface area contributed by atoms with Gasteiger partial charge in [0.25, 0.3) is 0 Å². The van der Waals surface area contributed by atoms with E-state index in [0.29, 0.717) is 6.54 Å². The average Bonchev–Trinajstić information content (AvgIpc) is 2.12. The summed E-state index contributed by atoms with van der Waals surface area (Å²) in [4.78, 5) is 11.6. The van der Waals surface area contributed by atoms with Gasteiger partial charge in [0.15, 0.2) is 0 Å². The molecule has 2 amide bonds. The number of nitrogens with zero attached hydrogens (tertiary/aromatic N) is 1.